The minimum atomic E-state index is -0.412. The molecule has 96 valence electrons. The van der Waals surface area contributed by atoms with Crippen LogP contribution in [-0.2, 0) is 0 Å². The van der Waals surface area contributed by atoms with Gasteiger partial charge in [0.25, 0.3) is 0 Å². The molecule has 0 amide bonds. The number of hydrogen-bond donors (Lipinski definition) is 1. The Hall–Kier alpha value is -1.54. The standard InChI is InChI=1S/C10H12N4O2S2/c15-14(16)9-4-3-8(18-9)7-11-12-10(17)13-5-1-2-6-13/h3-4,7H,1-2,5-6H2,(H,12,17)/b11-7+. The molecule has 0 aliphatic carbocycles. The molecule has 1 aromatic rings. The number of hydrogen-bond acceptors (Lipinski definition) is 5. The Morgan fingerprint density at radius 3 is 2.89 bits per heavy atom. The van der Waals surface area contributed by atoms with Gasteiger partial charge in [-0.1, -0.05) is 11.3 Å². The van der Waals surface area contributed by atoms with E-state index in [2.05, 4.69) is 15.4 Å². The van der Waals surface area contributed by atoms with Gasteiger partial charge in [-0.25, -0.2) is 0 Å². The van der Waals surface area contributed by atoms with Crippen molar-refractivity contribution < 1.29 is 4.92 Å². The average molecular weight is 284 g/mol. The van der Waals surface area contributed by atoms with Gasteiger partial charge in [0.05, 0.1) is 16.0 Å². The number of thiocarbonyl (C=S) groups is 1. The summed E-state index contributed by atoms with van der Waals surface area (Å²) in [6.45, 7) is 1.93. The van der Waals surface area contributed by atoms with E-state index in [0.29, 0.717) is 5.11 Å². The van der Waals surface area contributed by atoms with E-state index >= 15 is 0 Å². The smallest absolute Gasteiger partial charge is 0.324 e. The van der Waals surface area contributed by atoms with Crippen LogP contribution < -0.4 is 5.43 Å². The van der Waals surface area contributed by atoms with Gasteiger partial charge in [-0.2, -0.15) is 5.10 Å². The van der Waals surface area contributed by atoms with E-state index in [-0.39, 0.29) is 5.00 Å². The Bertz CT molecular complexity index is 480. The zero-order chi connectivity index (χ0) is 13.0. The van der Waals surface area contributed by atoms with E-state index < -0.39 is 4.92 Å². The van der Waals surface area contributed by atoms with Crippen LogP contribution in [0.3, 0.4) is 0 Å². The average Bonchev–Trinajstić information content (AvgIpc) is 3.00. The molecular formula is C10H12N4O2S2. The fraction of sp³-hybridized carbons (Fsp3) is 0.400. The highest BCUT2D eigenvalue weighted by Crippen LogP contribution is 2.22. The summed E-state index contributed by atoms with van der Waals surface area (Å²) in [5.74, 6) is 0. The molecule has 1 N–H and O–H groups in total. The van der Waals surface area contributed by atoms with Gasteiger partial charge < -0.3 is 4.90 Å². The number of likely N-dealkylation sites (tertiary alicyclic amines) is 1. The van der Waals surface area contributed by atoms with E-state index in [9.17, 15) is 10.1 Å². The fourth-order valence-electron chi connectivity index (χ4n) is 1.65. The number of hydrazone groups is 1. The predicted molar refractivity (Wildman–Crippen MR) is 75.1 cm³/mol. The maximum atomic E-state index is 10.5. The summed E-state index contributed by atoms with van der Waals surface area (Å²) in [6.07, 6.45) is 3.85. The first-order valence-electron chi connectivity index (χ1n) is 5.49. The Labute approximate surface area is 113 Å². The third kappa shape index (κ3) is 3.23. The van der Waals surface area contributed by atoms with Crippen LogP contribution in [0.25, 0.3) is 0 Å². The van der Waals surface area contributed by atoms with Crippen LogP contribution in [0.15, 0.2) is 17.2 Å². The van der Waals surface area contributed by atoms with Crippen LogP contribution >= 0.6 is 23.6 Å². The van der Waals surface area contributed by atoms with E-state index in [4.69, 9.17) is 12.2 Å². The Balaban J connectivity index is 1.86. The molecule has 0 aromatic carbocycles. The van der Waals surface area contributed by atoms with Gasteiger partial charge in [-0.05, 0) is 31.1 Å². The van der Waals surface area contributed by atoms with Crippen molar-refractivity contribution in [3.8, 4) is 0 Å². The van der Waals surface area contributed by atoms with Crippen LogP contribution in [0, 0.1) is 10.1 Å². The summed E-state index contributed by atoms with van der Waals surface area (Å²) in [6, 6.07) is 3.12. The molecule has 18 heavy (non-hydrogen) atoms. The van der Waals surface area contributed by atoms with Crippen LogP contribution in [0.1, 0.15) is 17.7 Å². The lowest BCUT2D eigenvalue weighted by Gasteiger charge is -2.16. The van der Waals surface area contributed by atoms with Gasteiger partial charge in [0.1, 0.15) is 0 Å². The van der Waals surface area contributed by atoms with Gasteiger partial charge in [0, 0.05) is 19.2 Å². The van der Waals surface area contributed by atoms with Crippen LogP contribution in [-0.4, -0.2) is 34.2 Å². The third-order valence-corrected chi connectivity index (χ3v) is 3.86. The number of nitrogens with zero attached hydrogens (tertiary/aromatic N) is 3. The second kappa shape index (κ2) is 5.87. The number of nitrogens with one attached hydrogen (secondary N) is 1. The maximum Gasteiger partial charge on any atom is 0.324 e. The molecule has 1 aliphatic heterocycles. The second-order valence-electron chi connectivity index (χ2n) is 3.80. The first-order chi connectivity index (χ1) is 8.66. The molecule has 1 aromatic heterocycles. The van der Waals surface area contributed by atoms with Gasteiger partial charge in [0.15, 0.2) is 5.11 Å². The molecule has 2 heterocycles. The molecule has 1 aliphatic rings. The summed E-state index contributed by atoms with van der Waals surface area (Å²) >= 11 is 6.25. The maximum absolute atomic E-state index is 10.5. The zero-order valence-electron chi connectivity index (χ0n) is 9.54. The molecule has 0 spiro atoms. The minimum Gasteiger partial charge on any atom is -0.348 e. The second-order valence-corrected chi connectivity index (χ2v) is 5.28. The van der Waals surface area contributed by atoms with Crippen LogP contribution in [0.4, 0.5) is 5.00 Å². The lowest BCUT2D eigenvalue weighted by atomic mass is 10.4. The molecule has 2 rings (SSSR count). The summed E-state index contributed by atoms with van der Waals surface area (Å²) < 4.78 is 0. The molecular weight excluding hydrogens is 272 g/mol. The van der Waals surface area contributed by atoms with Gasteiger partial charge in [0.2, 0.25) is 0 Å². The van der Waals surface area contributed by atoms with Crippen molar-refractivity contribution in [1.29, 1.82) is 0 Å². The molecule has 0 bridgehead atoms. The fourth-order valence-corrected chi connectivity index (χ4v) is 2.58. The Morgan fingerprint density at radius 1 is 1.56 bits per heavy atom. The number of rotatable bonds is 3. The summed E-state index contributed by atoms with van der Waals surface area (Å²) in [5.41, 5.74) is 2.78. The van der Waals surface area contributed by atoms with E-state index in [1.807, 2.05) is 0 Å². The monoisotopic (exact) mass is 284 g/mol. The molecule has 8 heteroatoms. The van der Waals surface area contributed by atoms with Crippen molar-refractivity contribution in [2.45, 2.75) is 12.8 Å². The third-order valence-electron chi connectivity index (χ3n) is 2.54. The number of thiophene rings is 1. The SMILES string of the molecule is O=[N+]([O-])c1ccc(/C=N/NC(=S)N2CCCC2)s1. The predicted octanol–water partition coefficient (Wildman–Crippen LogP) is 1.96. The van der Waals surface area contributed by atoms with Crippen molar-refractivity contribution in [2.75, 3.05) is 13.1 Å². The summed E-state index contributed by atoms with van der Waals surface area (Å²) in [4.78, 5) is 12.9. The topological polar surface area (TPSA) is 70.8 Å². The highest BCUT2D eigenvalue weighted by atomic mass is 32.1. The lowest BCUT2D eigenvalue weighted by Crippen LogP contribution is -2.34. The van der Waals surface area contributed by atoms with Crippen molar-refractivity contribution in [3.63, 3.8) is 0 Å². The van der Waals surface area contributed by atoms with Crippen LogP contribution in [0.5, 0.6) is 0 Å². The van der Waals surface area contributed by atoms with E-state index in [1.54, 1.807) is 12.3 Å². The van der Waals surface area contributed by atoms with Crippen molar-refractivity contribution in [2.24, 2.45) is 5.10 Å². The van der Waals surface area contributed by atoms with Gasteiger partial charge in [-0.15, -0.1) is 0 Å². The molecule has 0 saturated carbocycles. The lowest BCUT2D eigenvalue weighted by molar-refractivity contribution is -0.380. The molecule has 0 unspecified atom stereocenters. The Morgan fingerprint density at radius 2 is 2.28 bits per heavy atom. The first kappa shape index (κ1) is 12.9. The largest absolute Gasteiger partial charge is 0.348 e. The van der Waals surface area contributed by atoms with Crippen molar-refractivity contribution in [3.05, 3.63) is 27.1 Å². The molecule has 1 saturated heterocycles. The van der Waals surface area contributed by atoms with Gasteiger partial charge >= 0.3 is 5.00 Å². The van der Waals surface area contributed by atoms with Gasteiger partial charge in [-0.3, -0.25) is 15.5 Å². The van der Waals surface area contributed by atoms with E-state index in [0.717, 1.165) is 42.1 Å². The minimum absolute atomic E-state index is 0.110. The van der Waals surface area contributed by atoms with Crippen molar-refractivity contribution in [1.82, 2.24) is 10.3 Å². The molecule has 6 nitrogen and oxygen atoms in total. The molecule has 0 atom stereocenters. The Kier molecular flexibility index (Phi) is 4.21. The summed E-state index contributed by atoms with van der Waals surface area (Å²) in [7, 11) is 0. The van der Waals surface area contributed by atoms with Crippen molar-refractivity contribution >= 4 is 39.9 Å². The highest BCUT2D eigenvalue weighted by Gasteiger charge is 2.13. The normalized spacial score (nSPS) is 15.2. The molecule has 0 radical (unpaired) electrons. The zero-order valence-corrected chi connectivity index (χ0v) is 11.2. The molecule has 1 fully saturated rings. The van der Waals surface area contributed by atoms with E-state index in [1.165, 1.54) is 6.07 Å². The highest BCUT2D eigenvalue weighted by molar-refractivity contribution is 7.80. The van der Waals surface area contributed by atoms with Crippen LogP contribution in [0.2, 0.25) is 0 Å². The first-order valence-corrected chi connectivity index (χ1v) is 6.71. The quantitative estimate of drug-likeness (QED) is 0.397. The summed E-state index contributed by atoms with van der Waals surface area (Å²) in [5, 5.41) is 15.2. The number of nitro groups is 1.